The van der Waals surface area contributed by atoms with E-state index in [2.05, 4.69) is 12.2 Å². The maximum atomic E-state index is 11.3. The molecule has 0 aromatic heterocycles. The van der Waals surface area contributed by atoms with Gasteiger partial charge in [-0.1, -0.05) is 12.2 Å². The summed E-state index contributed by atoms with van der Waals surface area (Å²) in [7, 11) is 0. The Hall–Kier alpha value is -0.790. The molecule has 1 amide bonds. The molecule has 1 atom stereocenters. The van der Waals surface area contributed by atoms with Gasteiger partial charge < -0.3 is 4.90 Å². The summed E-state index contributed by atoms with van der Waals surface area (Å²) in [5.74, 6) is 0.349. The summed E-state index contributed by atoms with van der Waals surface area (Å²) in [5, 5.41) is 0. The van der Waals surface area contributed by atoms with Crippen LogP contribution in [0.3, 0.4) is 0 Å². The van der Waals surface area contributed by atoms with Gasteiger partial charge in [0.2, 0.25) is 5.91 Å². The summed E-state index contributed by atoms with van der Waals surface area (Å²) in [6, 6.07) is 0.553. The predicted octanol–water partition coefficient (Wildman–Crippen LogP) is 1.33. The molecular formula is C9H13NO. The van der Waals surface area contributed by atoms with Crippen LogP contribution in [0.25, 0.3) is 0 Å². The van der Waals surface area contributed by atoms with E-state index in [0.29, 0.717) is 11.9 Å². The third-order valence-electron chi connectivity index (χ3n) is 2.59. The summed E-state index contributed by atoms with van der Waals surface area (Å²) < 4.78 is 0. The van der Waals surface area contributed by atoms with Crippen molar-refractivity contribution in [3.05, 3.63) is 12.2 Å². The van der Waals surface area contributed by atoms with Gasteiger partial charge in [-0.25, -0.2) is 0 Å². The molecule has 1 saturated heterocycles. The topological polar surface area (TPSA) is 20.3 Å². The maximum absolute atomic E-state index is 11.3. The normalized spacial score (nSPS) is 30.4. The van der Waals surface area contributed by atoms with Crippen molar-refractivity contribution in [2.75, 3.05) is 6.54 Å². The quantitative estimate of drug-likeness (QED) is 0.478. The Labute approximate surface area is 66.9 Å². The zero-order chi connectivity index (χ0) is 7.68. The van der Waals surface area contributed by atoms with Crippen molar-refractivity contribution < 1.29 is 4.79 Å². The molecule has 2 aliphatic rings. The molecule has 0 N–H and O–H groups in total. The smallest absolute Gasteiger partial charge is 0.223 e. The Balaban J connectivity index is 2.12. The summed E-state index contributed by atoms with van der Waals surface area (Å²) in [4.78, 5) is 13.3. The molecule has 1 unspecified atom stereocenters. The SMILES string of the molecule is O=C1CCC2CCC=CCN12. The number of hydrogen-bond donors (Lipinski definition) is 0. The van der Waals surface area contributed by atoms with Crippen molar-refractivity contribution in [1.82, 2.24) is 4.90 Å². The van der Waals surface area contributed by atoms with Crippen LogP contribution in [-0.4, -0.2) is 23.4 Å². The van der Waals surface area contributed by atoms with Crippen LogP contribution in [0.4, 0.5) is 0 Å². The highest BCUT2D eigenvalue weighted by atomic mass is 16.2. The van der Waals surface area contributed by atoms with Crippen molar-refractivity contribution in [3.8, 4) is 0 Å². The summed E-state index contributed by atoms with van der Waals surface area (Å²) in [6.45, 7) is 0.851. The molecule has 0 spiro atoms. The maximum Gasteiger partial charge on any atom is 0.223 e. The number of carbonyl (C=O) groups excluding carboxylic acids is 1. The van der Waals surface area contributed by atoms with Crippen LogP contribution in [0.15, 0.2) is 12.2 Å². The highest BCUT2D eigenvalue weighted by Crippen LogP contribution is 2.24. The van der Waals surface area contributed by atoms with Crippen molar-refractivity contribution in [1.29, 1.82) is 0 Å². The average Bonchev–Trinajstić information content (AvgIpc) is 2.25. The van der Waals surface area contributed by atoms with Crippen LogP contribution in [0.2, 0.25) is 0 Å². The van der Waals surface area contributed by atoms with Crippen molar-refractivity contribution in [2.24, 2.45) is 0 Å². The predicted molar refractivity (Wildman–Crippen MR) is 43.1 cm³/mol. The number of hydrogen-bond acceptors (Lipinski definition) is 1. The molecule has 2 nitrogen and oxygen atoms in total. The number of nitrogens with zero attached hydrogens (tertiary/aromatic N) is 1. The first-order valence-corrected chi connectivity index (χ1v) is 4.32. The highest BCUT2D eigenvalue weighted by molar-refractivity contribution is 5.78. The molecular weight excluding hydrogens is 138 g/mol. The van der Waals surface area contributed by atoms with Gasteiger partial charge in [-0.3, -0.25) is 4.79 Å². The van der Waals surface area contributed by atoms with E-state index in [1.54, 1.807) is 0 Å². The van der Waals surface area contributed by atoms with E-state index in [1.807, 2.05) is 4.90 Å². The second-order valence-corrected chi connectivity index (χ2v) is 3.29. The Bertz CT molecular complexity index is 198. The average molecular weight is 151 g/mol. The molecule has 2 heteroatoms. The first-order valence-electron chi connectivity index (χ1n) is 4.32. The number of allylic oxidation sites excluding steroid dienone is 1. The van der Waals surface area contributed by atoms with Crippen LogP contribution < -0.4 is 0 Å². The van der Waals surface area contributed by atoms with Gasteiger partial charge in [0.1, 0.15) is 0 Å². The van der Waals surface area contributed by atoms with Gasteiger partial charge in [-0.15, -0.1) is 0 Å². The largest absolute Gasteiger partial charge is 0.336 e. The van der Waals surface area contributed by atoms with Crippen LogP contribution in [-0.2, 0) is 4.79 Å². The van der Waals surface area contributed by atoms with Crippen LogP contribution in [0.1, 0.15) is 25.7 Å². The number of rotatable bonds is 0. The van der Waals surface area contributed by atoms with E-state index in [0.717, 1.165) is 25.8 Å². The molecule has 11 heavy (non-hydrogen) atoms. The van der Waals surface area contributed by atoms with E-state index in [1.165, 1.54) is 6.42 Å². The molecule has 2 aliphatic heterocycles. The van der Waals surface area contributed by atoms with Crippen molar-refractivity contribution >= 4 is 5.91 Å². The van der Waals surface area contributed by atoms with Crippen LogP contribution >= 0.6 is 0 Å². The molecule has 2 rings (SSSR count). The lowest BCUT2D eigenvalue weighted by Gasteiger charge is -2.20. The Morgan fingerprint density at radius 1 is 1.36 bits per heavy atom. The van der Waals surface area contributed by atoms with Crippen molar-refractivity contribution in [3.63, 3.8) is 0 Å². The standard InChI is InChI=1S/C9H13NO/c11-9-6-5-8-4-2-1-3-7-10(8)9/h1,3,8H,2,4-7H2. The summed E-state index contributed by atoms with van der Waals surface area (Å²) in [5.41, 5.74) is 0. The molecule has 0 aromatic carbocycles. The first kappa shape index (κ1) is 6.89. The molecule has 0 saturated carbocycles. The fraction of sp³-hybridized carbons (Fsp3) is 0.667. The lowest BCUT2D eigenvalue weighted by atomic mass is 10.1. The number of amides is 1. The number of fused-ring (bicyclic) bond motifs is 1. The third-order valence-corrected chi connectivity index (χ3v) is 2.59. The van der Waals surface area contributed by atoms with Crippen molar-refractivity contribution in [2.45, 2.75) is 31.7 Å². The minimum atomic E-state index is 0.349. The molecule has 0 radical (unpaired) electrons. The Morgan fingerprint density at radius 2 is 2.27 bits per heavy atom. The lowest BCUT2D eigenvalue weighted by molar-refractivity contribution is -0.128. The fourth-order valence-corrected chi connectivity index (χ4v) is 1.94. The summed E-state index contributed by atoms with van der Waals surface area (Å²) in [6.07, 6.45) is 8.48. The zero-order valence-electron chi connectivity index (χ0n) is 6.62. The van der Waals surface area contributed by atoms with Gasteiger partial charge in [0.05, 0.1) is 0 Å². The Morgan fingerprint density at radius 3 is 3.18 bits per heavy atom. The zero-order valence-corrected chi connectivity index (χ0v) is 6.62. The highest BCUT2D eigenvalue weighted by Gasteiger charge is 2.29. The second kappa shape index (κ2) is 2.68. The fourth-order valence-electron chi connectivity index (χ4n) is 1.94. The van der Waals surface area contributed by atoms with Gasteiger partial charge in [0.15, 0.2) is 0 Å². The van der Waals surface area contributed by atoms with Crippen LogP contribution in [0.5, 0.6) is 0 Å². The van der Waals surface area contributed by atoms with Gasteiger partial charge >= 0.3 is 0 Å². The lowest BCUT2D eigenvalue weighted by Crippen LogP contribution is -2.31. The van der Waals surface area contributed by atoms with E-state index < -0.39 is 0 Å². The van der Waals surface area contributed by atoms with Gasteiger partial charge in [-0.05, 0) is 19.3 Å². The second-order valence-electron chi connectivity index (χ2n) is 3.29. The molecule has 0 bridgehead atoms. The molecule has 0 aliphatic carbocycles. The molecule has 60 valence electrons. The van der Waals surface area contributed by atoms with E-state index in [4.69, 9.17) is 0 Å². The minimum Gasteiger partial charge on any atom is -0.336 e. The van der Waals surface area contributed by atoms with Gasteiger partial charge in [0.25, 0.3) is 0 Å². The Kier molecular flexibility index (Phi) is 1.68. The van der Waals surface area contributed by atoms with Crippen LogP contribution in [0, 0.1) is 0 Å². The van der Waals surface area contributed by atoms with Gasteiger partial charge in [-0.2, -0.15) is 0 Å². The van der Waals surface area contributed by atoms with E-state index in [-0.39, 0.29) is 0 Å². The van der Waals surface area contributed by atoms with E-state index in [9.17, 15) is 4.79 Å². The summed E-state index contributed by atoms with van der Waals surface area (Å²) >= 11 is 0. The first-order chi connectivity index (χ1) is 5.38. The monoisotopic (exact) mass is 151 g/mol. The third kappa shape index (κ3) is 1.17. The van der Waals surface area contributed by atoms with E-state index >= 15 is 0 Å². The number of carbonyl (C=O) groups is 1. The molecule has 0 aromatic rings. The minimum absolute atomic E-state index is 0.349. The molecule has 2 heterocycles. The molecule has 1 fully saturated rings. The van der Waals surface area contributed by atoms with Gasteiger partial charge in [0, 0.05) is 19.0 Å².